The quantitative estimate of drug-likeness (QED) is 0.566. The number of carboxylic acids is 2. The van der Waals surface area contributed by atoms with Crippen molar-refractivity contribution in [2.45, 2.75) is 69.7 Å². The molecule has 0 radical (unpaired) electrons. The van der Waals surface area contributed by atoms with Gasteiger partial charge in [-0.15, -0.1) is 0 Å². The van der Waals surface area contributed by atoms with Crippen LogP contribution in [-0.4, -0.2) is 75.6 Å². The van der Waals surface area contributed by atoms with Crippen molar-refractivity contribution in [3.8, 4) is 0 Å². The molecule has 2 heterocycles. The number of nitrogens with one attached hydrogen (secondary N) is 1. The highest BCUT2D eigenvalue weighted by atomic mass is 16.8. The zero-order valence-corrected chi connectivity index (χ0v) is 17.3. The largest absolute Gasteiger partial charge is 0.480 e. The average Bonchev–Trinajstić information content (AvgIpc) is 3.16. The predicted molar refractivity (Wildman–Crippen MR) is 106 cm³/mol. The monoisotopic (exact) mass is 420 g/mol. The molecule has 2 saturated heterocycles. The fraction of sp³-hybridized carbons (Fsp3) is 0.571. The van der Waals surface area contributed by atoms with Crippen molar-refractivity contribution in [2.75, 3.05) is 6.54 Å². The molecule has 3 rings (SSSR count). The number of carboxylic acid groups (broad SMARTS) is 2. The van der Waals surface area contributed by atoms with Gasteiger partial charge in [-0.05, 0) is 39.2 Å². The van der Waals surface area contributed by atoms with Crippen LogP contribution in [0.3, 0.4) is 0 Å². The molecular weight excluding hydrogens is 392 g/mol. The minimum absolute atomic E-state index is 0.0810. The fourth-order valence-electron chi connectivity index (χ4n) is 4.11. The van der Waals surface area contributed by atoms with E-state index in [-0.39, 0.29) is 6.54 Å². The number of nitrogens with zero attached hydrogens (tertiary/aromatic N) is 1. The molecule has 2 fully saturated rings. The minimum atomic E-state index is -1.18. The Kier molecular flexibility index (Phi) is 6.44. The Hall–Kier alpha value is -2.49. The maximum Gasteiger partial charge on any atom is 0.329 e. The van der Waals surface area contributed by atoms with Crippen LogP contribution in [0, 0.1) is 0 Å². The SMILES string of the molecule is C[C@H](NC(CCc1ccccc1)C(=O)O)C(=O)N1CC2OC(C)(C)OC2C1C(=O)O. The van der Waals surface area contributed by atoms with Gasteiger partial charge in [0.1, 0.15) is 18.2 Å². The Balaban J connectivity index is 1.65. The second-order valence-corrected chi connectivity index (χ2v) is 8.22. The van der Waals surface area contributed by atoms with Gasteiger partial charge in [-0.2, -0.15) is 0 Å². The number of ether oxygens (including phenoxy) is 2. The highest BCUT2D eigenvalue weighted by molar-refractivity contribution is 5.88. The number of carbonyl (C=O) groups is 3. The molecule has 0 aliphatic carbocycles. The number of fused-ring (bicyclic) bond motifs is 1. The van der Waals surface area contributed by atoms with Gasteiger partial charge in [0.25, 0.3) is 0 Å². The third-order valence-corrected chi connectivity index (χ3v) is 5.47. The lowest BCUT2D eigenvalue weighted by Crippen LogP contribution is -2.55. The molecule has 3 N–H and O–H groups in total. The summed E-state index contributed by atoms with van der Waals surface area (Å²) in [5, 5.41) is 22.1. The third-order valence-electron chi connectivity index (χ3n) is 5.47. The number of carbonyl (C=O) groups excluding carboxylic acids is 1. The molecule has 0 bridgehead atoms. The summed E-state index contributed by atoms with van der Waals surface area (Å²) in [4.78, 5) is 37.7. The smallest absolute Gasteiger partial charge is 0.329 e. The van der Waals surface area contributed by atoms with E-state index in [4.69, 9.17) is 9.47 Å². The normalized spacial score (nSPS) is 26.8. The standard InChI is InChI=1S/C21H28N2O7/c1-12(22-14(19(25)26)10-9-13-7-5-4-6-8-13)18(24)23-11-15-17(16(23)20(27)28)30-21(2,3)29-15/h4-8,12,14-17,22H,9-11H2,1-3H3,(H,25,26)(H,27,28)/t12-,14?,15?,16?,17?/m0/s1. The second kappa shape index (κ2) is 8.71. The predicted octanol–water partition coefficient (Wildman–Crippen LogP) is 0.866. The molecule has 0 aromatic heterocycles. The van der Waals surface area contributed by atoms with Crippen molar-refractivity contribution in [3.05, 3.63) is 35.9 Å². The van der Waals surface area contributed by atoms with E-state index in [0.717, 1.165) is 5.56 Å². The molecule has 164 valence electrons. The van der Waals surface area contributed by atoms with Gasteiger partial charge in [0.05, 0.1) is 12.6 Å². The summed E-state index contributed by atoms with van der Waals surface area (Å²) in [5.74, 6) is -3.64. The van der Waals surface area contributed by atoms with E-state index in [1.165, 1.54) is 4.90 Å². The first-order chi connectivity index (χ1) is 14.1. The topological polar surface area (TPSA) is 125 Å². The number of benzene rings is 1. The van der Waals surface area contributed by atoms with Crippen molar-refractivity contribution in [2.24, 2.45) is 0 Å². The Morgan fingerprint density at radius 3 is 2.47 bits per heavy atom. The number of aliphatic carboxylic acids is 2. The van der Waals surface area contributed by atoms with Crippen LogP contribution in [0.5, 0.6) is 0 Å². The van der Waals surface area contributed by atoms with Crippen LogP contribution < -0.4 is 5.32 Å². The second-order valence-electron chi connectivity index (χ2n) is 8.22. The van der Waals surface area contributed by atoms with E-state index >= 15 is 0 Å². The Morgan fingerprint density at radius 2 is 1.87 bits per heavy atom. The van der Waals surface area contributed by atoms with E-state index in [0.29, 0.717) is 12.8 Å². The van der Waals surface area contributed by atoms with E-state index in [2.05, 4.69) is 5.32 Å². The van der Waals surface area contributed by atoms with Crippen LogP contribution in [0.15, 0.2) is 30.3 Å². The molecule has 4 unspecified atom stereocenters. The summed E-state index contributed by atoms with van der Waals surface area (Å²) in [6.45, 7) is 5.02. The summed E-state index contributed by atoms with van der Waals surface area (Å²) in [7, 11) is 0. The van der Waals surface area contributed by atoms with Crippen LogP contribution in [0.2, 0.25) is 0 Å². The third kappa shape index (κ3) is 4.80. The molecule has 9 nitrogen and oxygen atoms in total. The molecule has 30 heavy (non-hydrogen) atoms. The Bertz CT molecular complexity index is 798. The van der Waals surface area contributed by atoms with Crippen LogP contribution in [0.1, 0.15) is 32.8 Å². The molecule has 0 spiro atoms. The van der Waals surface area contributed by atoms with Gasteiger partial charge in [-0.3, -0.25) is 14.9 Å². The summed E-state index contributed by atoms with van der Waals surface area (Å²) >= 11 is 0. The van der Waals surface area contributed by atoms with Gasteiger partial charge in [-0.25, -0.2) is 4.79 Å². The maximum atomic E-state index is 13.0. The van der Waals surface area contributed by atoms with Crippen molar-refractivity contribution < 1.29 is 34.1 Å². The van der Waals surface area contributed by atoms with Gasteiger partial charge in [-0.1, -0.05) is 30.3 Å². The maximum absolute atomic E-state index is 13.0. The lowest BCUT2D eigenvalue weighted by Gasteiger charge is -2.30. The zero-order valence-electron chi connectivity index (χ0n) is 17.3. The van der Waals surface area contributed by atoms with Crippen LogP contribution in [-0.2, 0) is 30.3 Å². The highest BCUT2D eigenvalue weighted by Gasteiger charge is 2.57. The summed E-state index contributed by atoms with van der Waals surface area (Å²) in [6.07, 6.45) is -0.466. The number of hydrogen-bond acceptors (Lipinski definition) is 6. The molecule has 0 saturated carbocycles. The molecule has 2 aliphatic rings. The lowest BCUT2D eigenvalue weighted by atomic mass is 10.0. The molecule has 1 aromatic carbocycles. The summed E-state index contributed by atoms with van der Waals surface area (Å²) in [6, 6.07) is 6.47. The fourth-order valence-corrected chi connectivity index (χ4v) is 4.11. The van der Waals surface area contributed by atoms with Gasteiger partial charge >= 0.3 is 11.9 Å². The number of amides is 1. The average molecular weight is 420 g/mol. The first-order valence-electron chi connectivity index (χ1n) is 10.0. The number of aryl methyl sites for hydroxylation is 1. The van der Waals surface area contributed by atoms with Gasteiger partial charge < -0.3 is 24.6 Å². The molecule has 1 amide bonds. The van der Waals surface area contributed by atoms with Gasteiger partial charge in [0.2, 0.25) is 5.91 Å². The van der Waals surface area contributed by atoms with E-state index < -0.39 is 54.0 Å². The zero-order chi connectivity index (χ0) is 22.1. The molecule has 5 atom stereocenters. The first-order valence-corrected chi connectivity index (χ1v) is 10.0. The van der Waals surface area contributed by atoms with Crippen LogP contribution in [0.25, 0.3) is 0 Å². The number of rotatable bonds is 8. The van der Waals surface area contributed by atoms with Crippen LogP contribution in [0.4, 0.5) is 0 Å². The number of hydrogen-bond donors (Lipinski definition) is 3. The van der Waals surface area contributed by atoms with Gasteiger partial charge in [0.15, 0.2) is 11.8 Å². The Labute approximate surface area is 175 Å². The molecule has 1 aromatic rings. The highest BCUT2D eigenvalue weighted by Crippen LogP contribution is 2.37. The molecular formula is C21H28N2O7. The summed E-state index contributed by atoms with van der Waals surface area (Å²) in [5.41, 5.74) is 1.000. The Morgan fingerprint density at radius 1 is 1.20 bits per heavy atom. The molecule has 2 aliphatic heterocycles. The van der Waals surface area contributed by atoms with E-state index in [1.54, 1.807) is 20.8 Å². The number of likely N-dealkylation sites (tertiary alicyclic amines) is 1. The molecule has 9 heteroatoms. The summed E-state index contributed by atoms with van der Waals surface area (Å²) < 4.78 is 11.4. The van der Waals surface area contributed by atoms with Crippen molar-refractivity contribution in [1.29, 1.82) is 0 Å². The van der Waals surface area contributed by atoms with Crippen molar-refractivity contribution in [3.63, 3.8) is 0 Å². The van der Waals surface area contributed by atoms with Gasteiger partial charge in [0, 0.05) is 0 Å². The van der Waals surface area contributed by atoms with Crippen molar-refractivity contribution in [1.82, 2.24) is 10.2 Å². The van der Waals surface area contributed by atoms with E-state index in [1.807, 2.05) is 30.3 Å². The first kappa shape index (κ1) is 22.2. The van der Waals surface area contributed by atoms with E-state index in [9.17, 15) is 24.6 Å². The van der Waals surface area contributed by atoms with Crippen molar-refractivity contribution >= 4 is 17.8 Å². The minimum Gasteiger partial charge on any atom is -0.480 e. The lowest BCUT2D eigenvalue weighted by molar-refractivity contribution is -0.175. The van der Waals surface area contributed by atoms with Crippen LogP contribution >= 0.6 is 0 Å².